The van der Waals surface area contributed by atoms with Crippen LogP contribution in [0.5, 0.6) is 5.75 Å². The molecule has 0 saturated carbocycles. The van der Waals surface area contributed by atoms with Crippen molar-refractivity contribution in [2.45, 2.75) is 13.3 Å². The topological polar surface area (TPSA) is 26.3 Å². The Bertz CT molecular complexity index is 297. The van der Waals surface area contributed by atoms with Crippen molar-refractivity contribution in [1.29, 1.82) is 0 Å². The Morgan fingerprint density at radius 2 is 2.15 bits per heavy atom. The lowest BCUT2D eigenvalue weighted by atomic mass is 10.2. The molecule has 0 unspecified atom stereocenters. The molecule has 0 aromatic heterocycles. The van der Waals surface area contributed by atoms with Gasteiger partial charge in [0.2, 0.25) is 5.24 Å². The molecular formula is C10H11ClO2. The van der Waals surface area contributed by atoms with Crippen LogP contribution in [-0.4, -0.2) is 11.8 Å². The zero-order valence-electron chi connectivity index (χ0n) is 7.42. The maximum absolute atomic E-state index is 10.4. The van der Waals surface area contributed by atoms with Crippen molar-refractivity contribution in [3.8, 4) is 5.75 Å². The first-order valence-electron chi connectivity index (χ1n) is 4.07. The van der Waals surface area contributed by atoms with E-state index in [1.807, 2.05) is 31.2 Å². The first-order chi connectivity index (χ1) is 6.20. The van der Waals surface area contributed by atoms with Crippen LogP contribution >= 0.6 is 11.6 Å². The molecule has 0 fully saturated rings. The van der Waals surface area contributed by atoms with Gasteiger partial charge in [-0.05, 0) is 30.2 Å². The fourth-order valence-corrected chi connectivity index (χ4v) is 1.04. The average Bonchev–Trinajstić information content (AvgIpc) is 2.08. The molecule has 0 aliphatic heterocycles. The van der Waals surface area contributed by atoms with Crippen molar-refractivity contribution in [2.75, 3.05) is 6.61 Å². The molecule has 1 aromatic carbocycles. The van der Waals surface area contributed by atoms with E-state index in [2.05, 4.69) is 0 Å². The molecule has 0 bridgehead atoms. The molecule has 0 saturated heterocycles. The van der Waals surface area contributed by atoms with Gasteiger partial charge in [-0.2, -0.15) is 0 Å². The van der Waals surface area contributed by atoms with Crippen molar-refractivity contribution >= 4 is 16.8 Å². The highest BCUT2D eigenvalue weighted by molar-refractivity contribution is 6.63. The van der Waals surface area contributed by atoms with E-state index in [-0.39, 0.29) is 11.7 Å². The summed E-state index contributed by atoms with van der Waals surface area (Å²) in [5, 5.41) is -0.367. The predicted molar refractivity (Wildman–Crippen MR) is 52.2 cm³/mol. The third-order valence-corrected chi connectivity index (χ3v) is 1.84. The molecule has 0 radical (unpaired) electrons. The fourth-order valence-electron chi connectivity index (χ4n) is 0.960. The van der Waals surface area contributed by atoms with Crippen molar-refractivity contribution in [3.05, 3.63) is 29.8 Å². The Kier molecular flexibility index (Phi) is 3.77. The largest absolute Gasteiger partial charge is 0.493 e. The number of hydrogen-bond acceptors (Lipinski definition) is 2. The summed E-state index contributed by atoms with van der Waals surface area (Å²) in [5.74, 6) is 0.806. The van der Waals surface area contributed by atoms with Crippen molar-refractivity contribution in [1.82, 2.24) is 0 Å². The van der Waals surface area contributed by atoms with E-state index >= 15 is 0 Å². The minimum atomic E-state index is -0.367. The third kappa shape index (κ3) is 3.47. The molecule has 0 amide bonds. The first-order valence-corrected chi connectivity index (χ1v) is 4.44. The second-order valence-electron chi connectivity index (χ2n) is 2.72. The SMILES string of the molecule is Cc1ccccc1OCCC(=O)Cl. The molecule has 0 N–H and O–H groups in total. The summed E-state index contributed by atoms with van der Waals surface area (Å²) in [4.78, 5) is 10.4. The summed E-state index contributed by atoms with van der Waals surface area (Å²) < 4.78 is 5.34. The molecule has 0 aliphatic rings. The van der Waals surface area contributed by atoms with Crippen LogP contribution in [0.25, 0.3) is 0 Å². The molecule has 13 heavy (non-hydrogen) atoms. The molecule has 1 aromatic rings. The second-order valence-corrected chi connectivity index (χ2v) is 3.14. The van der Waals surface area contributed by atoms with Gasteiger partial charge >= 0.3 is 0 Å². The monoisotopic (exact) mass is 198 g/mol. The van der Waals surface area contributed by atoms with E-state index < -0.39 is 0 Å². The van der Waals surface area contributed by atoms with Gasteiger partial charge < -0.3 is 4.74 Å². The van der Waals surface area contributed by atoms with Gasteiger partial charge in [-0.1, -0.05) is 18.2 Å². The molecule has 0 heterocycles. The molecule has 0 atom stereocenters. The normalized spacial score (nSPS) is 9.69. The molecule has 0 aliphatic carbocycles. The van der Waals surface area contributed by atoms with Crippen LogP contribution in [0.4, 0.5) is 0 Å². The second kappa shape index (κ2) is 4.87. The third-order valence-electron chi connectivity index (χ3n) is 1.65. The maximum Gasteiger partial charge on any atom is 0.225 e. The minimum Gasteiger partial charge on any atom is -0.493 e. The predicted octanol–water partition coefficient (Wildman–Crippen LogP) is 2.53. The molecule has 3 heteroatoms. The van der Waals surface area contributed by atoms with Crippen LogP contribution in [0.2, 0.25) is 0 Å². The number of carbonyl (C=O) groups is 1. The lowest BCUT2D eigenvalue weighted by Gasteiger charge is -2.06. The van der Waals surface area contributed by atoms with Gasteiger partial charge in [-0.25, -0.2) is 0 Å². The Labute approximate surface area is 82.5 Å². The Morgan fingerprint density at radius 1 is 1.46 bits per heavy atom. The lowest BCUT2D eigenvalue weighted by molar-refractivity contribution is -0.112. The zero-order valence-corrected chi connectivity index (χ0v) is 8.17. The van der Waals surface area contributed by atoms with Gasteiger partial charge in [0.15, 0.2) is 0 Å². The zero-order chi connectivity index (χ0) is 9.68. The smallest absolute Gasteiger partial charge is 0.225 e. The maximum atomic E-state index is 10.4. The van der Waals surface area contributed by atoms with Crippen molar-refractivity contribution in [3.63, 3.8) is 0 Å². The molecule has 1 rings (SSSR count). The van der Waals surface area contributed by atoms with Crippen LogP contribution in [0.1, 0.15) is 12.0 Å². The summed E-state index contributed by atoms with van der Waals surface area (Å²) in [5.41, 5.74) is 1.06. The van der Waals surface area contributed by atoms with E-state index in [9.17, 15) is 4.79 Å². The highest BCUT2D eigenvalue weighted by atomic mass is 35.5. The van der Waals surface area contributed by atoms with E-state index in [1.165, 1.54) is 0 Å². The molecule has 2 nitrogen and oxygen atoms in total. The van der Waals surface area contributed by atoms with E-state index in [1.54, 1.807) is 0 Å². The summed E-state index contributed by atoms with van der Waals surface area (Å²) in [6, 6.07) is 7.66. The molecular weight excluding hydrogens is 188 g/mol. The standard InChI is InChI=1S/C10H11ClO2/c1-8-4-2-3-5-9(8)13-7-6-10(11)12/h2-5H,6-7H2,1H3. The van der Waals surface area contributed by atoms with Gasteiger partial charge in [0.25, 0.3) is 0 Å². The average molecular weight is 199 g/mol. The van der Waals surface area contributed by atoms with E-state index in [0.717, 1.165) is 11.3 Å². The number of para-hydroxylation sites is 1. The highest BCUT2D eigenvalue weighted by Crippen LogP contribution is 2.16. The summed E-state index contributed by atoms with van der Waals surface area (Å²) in [7, 11) is 0. The van der Waals surface area contributed by atoms with Crippen LogP contribution in [0, 0.1) is 6.92 Å². The van der Waals surface area contributed by atoms with Crippen LogP contribution in [0.3, 0.4) is 0 Å². The summed E-state index contributed by atoms with van der Waals surface area (Å²) in [6.45, 7) is 2.30. The van der Waals surface area contributed by atoms with Crippen molar-refractivity contribution < 1.29 is 9.53 Å². The van der Waals surface area contributed by atoms with Gasteiger partial charge in [-0.15, -0.1) is 0 Å². The first kappa shape index (κ1) is 10.1. The number of rotatable bonds is 4. The Hall–Kier alpha value is -1.02. The van der Waals surface area contributed by atoms with Gasteiger partial charge in [0, 0.05) is 0 Å². The van der Waals surface area contributed by atoms with Crippen LogP contribution < -0.4 is 4.74 Å². The molecule has 70 valence electrons. The molecule has 0 spiro atoms. The number of benzene rings is 1. The summed E-state index contributed by atoms with van der Waals surface area (Å²) >= 11 is 5.16. The summed E-state index contributed by atoms with van der Waals surface area (Å²) in [6.07, 6.45) is 0.246. The quantitative estimate of drug-likeness (QED) is 0.695. The van der Waals surface area contributed by atoms with E-state index in [4.69, 9.17) is 16.3 Å². The minimum absolute atomic E-state index is 0.246. The Morgan fingerprint density at radius 3 is 2.77 bits per heavy atom. The van der Waals surface area contributed by atoms with Gasteiger partial charge in [-0.3, -0.25) is 4.79 Å². The van der Waals surface area contributed by atoms with Gasteiger partial charge in [0.05, 0.1) is 13.0 Å². The number of hydrogen-bond donors (Lipinski definition) is 0. The number of aryl methyl sites for hydroxylation is 1. The van der Waals surface area contributed by atoms with Crippen molar-refractivity contribution in [2.24, 2.45) is 0 Å². The fraction of sp³-hybridized carbons (Fsp3) is 0.300. The van der Waals surface area contributed by atoms with Gasteiger partial charge in [0.1, 0.15) is 5.75 Å². The van der Waals surface area contributed by atoms with Crippen LogP contribution in [-0.2, 0) is 4.79 Å². The lowest BCUT2D eigenvalue weighted by Crippen LogP contribution is -2.01. The Balaban J connectivity index is 2.45. The highest BCUT2D eigenvalue weighted by Gasteiger charge is 1.99. The number of ether oxygens (including phenoxy) is 1. The number of halogens is 1. The van der Waals surface area contributed by atoms with E-state index in [0.29, 0.717) is 6.61 Å². The van der Waals surface area contributed by atoms with Crippen LogP contribution in [0.15, 0.2) is 24.3 Å². The number of carbonyl (C=O) groups excluding carboxylic acids is 1.